The lowest BCUT2D eigenvalue weighted by atomic mass is 10.0. The number of thiocarbonyl (C=S) groups is 1. The summed E-state index contributed by atoms with van der Waals surface area (Å²) in [6.45, 7) is 0. The molecule has 3 heterocycles. The van der Waals surface area contributed by atoms with Crippen LogP contribution in [-0.2, 0) is 0 Å². The maximum absolute atomic E-state index is 6.34. The van der Waals surface area contributed by atoms with Crippen molar-refractivity contribution in [1.82, 2.24) is 10.3 Å². The SMILES string of the molecule is COc1cccc(N2C(=S)N[C@H](c3ccccn3)[C@H]2c2ccc(Sc3ccc(Cl)cc3)o2)c1. The van der Waals surface area contributed by atoms with Gasteiger partial charge in [0, 0.05) is 27.9 Å². The number of hydrogen-bond acceptors (Lipinski definition) is 5. The zero-order valence-corrected chi connectivity index (χ0v) is 20.0. The van der Waals surface area contributed by atoms with Gasteiger partial charge in [0.1, 0.15) is 17.6 Å². The molecule has 0 spiro atoms. The molecule has 5 nitrogen and oxygen atoms in total. The van der Waals surface area contributed by atoms with E-state index in [2.05, 4.69) is 15.2 Å². The van der Waals surface area contributed by atoms with Gasteiger partial charge in [0.2, 0.25) is 0 Å². The van der Waals surface area contributed by atoms with Crippen LogP contribution in [0.4, 0.5) is 5.69 Å². The molecular weight excluding hydrogens is 474 g/mol. The molecule has 1 saturated heterocycles. The van der Waals surface area contributed by atoms with Gasteiger partial charge >= 0.3 is 0 Å². The highest BCUT2D eigenvalue weighted by Gasteiger charge is 2.42. The Hall–Kier alpha value is -3.00. The number of aromatic nitrogens is 1. The first-order valence-corrected chi connectivity index (χ1v) is 11.9. The molecule has 5 rings (SSSR count). The molecule has 1 aliphatic rings. The molecule has 166 valence electrons. The zero-order valence-electron chi connectivity index (χ0n) is 17.6. The van der Waals surface area contributed by atoms with Gasteiger partial charge in [-0.2, -0.15) is 0 Å². The molecule has 0 saturated carbocycles. The molecule has 4 aromatic rings. The fraction of sp³-hybridized carbons (Fsp3) is 0.120. The Morgan fingerprint density at radius 1 is 1.06 bits per heavy atom. The quantitative estimate of drug-likeness (QED) is 0.301. The second-order valence-electron chi connectivity index (χ2n) is 7.41. The van der Waals surface area contributed by atoms with Crippen molar-refractivity contribution < 1.29 is 9.15 Å². The smallest absolute Gasteiger partial charge is 0.174 e. The van der Waals surface area contributed by atoms with E-state index >= 15 is 0 Å². The summed E-state index contributed by atoms with van der Waals surface area (Å²) >= 11 is 13.3. The van der Waals surface area contributed by atoms with Crippen LogP contribution in [0.2, 0.25) is 5.02 Å². The van der Waals surface area contributed by atoms with Crippen LogP contribution in [0.15, 0.2) is 99.5 Å². The van der Waals surface area contributed by atoms with Gasteiger partial charge in [-0.25, -0.2) is 0 Å². The minimum Gasteiger partial charge on any atom is -0.497 e. The van der Waals surface area contributed by atoms with Crippen molar-refractivity contribution in [3.05, 3.63) is 102 Å². The van der Waals surface area contributed by atoms with Gasteiger partial charge < -0.3 is 19.4 Å². The molecule has 0 amide bonds. The van der Waals surface area contributed by atoms with Gasteiger partial charge in [0.15, 0.2) is 10.2 Å². The number of pyridine rings is 1. The largest absolute Gasteiger partial charge is 0.497 e. The summed E-state index contributed by atoms with van der Waals surface area (Å²) in [4.78, 5) is 7.69. The van der Waals surface area contributed by atoms with Gasteiger partial charge in [0.25, 0.3) is 0 Å². The van der Waals surface area contributed by atoms with E-state index in [1.54, 1.807) is 25.1 Å². The number of ether oxygens (including phenoxy) is 1. The lowest BCUT2D eigenvalue weighted by Crippen LogP contribution is -2.29. The number of methoxy groups -OCH3 is 1. The molecule has 8 heteroatoms. The van der Waals surface area contributed by atoms with Crippen LogP contribution in [0.5, 0.6) is 5.75 Å². The van der Waals surface area contributed by atoms with Crippen LogP contribution in [-0.4, -0.2) is 17.2 Å². The van der Waals surface area contributed by atoms with Crippen LogP contribution >= 0.6 is 35.6 Å². The summed E-state index contributed by atoms with van der Waals surface area (Å²) in [7, 11) is 1.65. The maximum Gasteiger partial charge on any atom is 0.174 e. The number of nitrogens with zero attached hydrogens (tertiary/aromatic N) is 2. The van der Waals surface area contributed by atoms with Gasteiger partial charge in [-0.15, -0.1) is 0 Å². The van der Waals surface area contributed by atoms with E-state index < -0.39 is 0 Å². The van der Waals surface area contributed by atoms with Crippen LogP contribution in [0.1, 0.15) is 23.5 Å². The van der Waals surface area contributed by atoms with E-state index in [0.717, 1.165) is 32.9 Å². The number of furan rings is 1. The highest BCUT2D eigenvalue weighted by molar-refractivity contribution is 7.99. The Bertz CT molecular complexity index is 1260. The van der Waals surface area contributed by atoms with E-state index in [1.807, 2.05) is 78.9 Å². The molecule has 1 N–H and O–H groups in total. The average Bonchev–Trinajstić information content (AvgIpc) is 3.45. The summed E-state index contributed by atoms with van der Waals surface area (Å²) in [5.74, 6) is 1.55. The minimum absolute atomic E-state index is 0.176. The minimum atomic E-state index is -0.223. The van der Waals surface area contributed by atoms with Crippen molar-refractivity contribution in [3.8, 4) is 5.75 Å². The second kappa shape index (κ2) is 9.47. The third-order valence-electron chi connectivity index (χ3n) is 5.36. The van der Waals surface area contributed by atoms with Crippen LogP contribution in [0.25, 0.3) is 0 Å². The second-order valence-corrected chi connectivity index (χ2v) is 9.31. The summed E-state index contributed by atoms with van der Waals surface area (Å²) in [6, 6.07) is 25.0. The molecular formula is C25H20ClN3O2S2. The number of rotatable bonds is 6. The summed E-state index contributed by atoms with van der Waals surface area (Å²) in [5.41, 5.74) is 1.80. The number of benzene rings is 2. The Morgan fingerprint density at radius 2 is 1.91 bits per heavy atom. The highest BCUT2D eigenvalue weighted by atomic mass is 35.5. The predicted octanol–water partition coefficient (Wildman–Crippen LogP) is 6.66. The van der Waals surface area contributed by atoms with Crippen LogP contribution < -0.4 is 15.0 Å². The summed E-state index contributed by atoms with van der Waals surface area (Å²) in [5, 5.41) is 5.54. The number of hydrogen-bond donors (Lipinski definition) is 1. The topological polar surface area (TPSA) is 50.5 Å². The summed E-state index contributed by atoms with van der Waals surface area (Å²) in [6.07, 6.45) is 1.79. The first kappa shape index (κ1) is 21.8. The van der Waals surface area contributed by atoms with Crippen molar-refractivity contribution in [3.63, 3.8) is 0 Å². The zero-order chi connectivity index (χ0) is 22.8. The van der Waals surface area contributed by atoms with E-state index in [1.165, 1.54) is 0 Å². The molecule has 1 fully saturated rings. The monoisotopic (exact) mass is 493 g/mol. The van der Waals surface area contributed by atoms with Crippen molar-refractivity contribution >= 4 is 46.4 Å². The molecule has 33 heavy (non-hydrogen) atoms. The number of anilines is 1. The third kappa shape index (κ3) is 4.57. The fourth-order valence-electron chi connectivity index (χ4n) is 3.85. The normalized spacial score (nSPS) is 17.8. The van der Waals surface area contributed by atoms with Crippen molar-refractivity contribution in [2.45, 2.75) is 22.1 Å². The van der Waals surface area contributed by atoms with Crippen molar-refractivity contribution in [1.29, 1.82) is 0 Å². The molecule has 2 atom stereocenters. The van der Waals surface area contributed by atoms with Crippen molar-refractivity contribution in [2.24, 2.45) is 0 Å². The maximum atomic E-state index is 6.34. The number of halogens is 1. The Labute approximate surface area is 206 Å². The lowest BCUT2D eigenvalue weighted by Gasteiger charge is -2.26. The lowest BCUT2D eigenvalue weighted by molar-refractivity contribution is 0.383. The Morgan fingerprint density at radius 3 is 2.67 bits per heavy atom. The van der Waals surface area contributed by atoms with E-state index in [-0.39, 0.29) is 12.1 Å². The van der Waals surface area contributed by atoms with Gasteiger partial charge in [-0.05, 0) is 72.9 Å². The molecule has 0 bridgehead atoms. The molecule has 0 radical (unpaired) electrons. The van der Waals surface area contributed by atoms with Crippen LogP contribution in [0.3, 0.4) is 0 Å². The number of nitrogens with one attached hydrogen (secondary N) is 1. The molecule has 2 aromatic carbocycles. The molecule has 0 unspecified atom stereocenters. The van der Waals surface area contributed by atoms with E-state index in [0.29, 0.717) is 10.1 Å². The molecule has 0 aliphatic carbocycles. The molecule has 2 aromatic heterocycles. The highest BCUT2D eigenvalue weighted by Crippen LogP contribution is 2.44. The van der Waals surface area contributed by atoms with Crippen molar-refractivity contribution in [2.75, 3.05) is 12.0 Å². The average molecular weight is 494 g/mol. The van der Waals surface area contributed by atoms with Gasteiger partial charge in [-0.3, -0.25) is 4.98 Å². The Balaban J connectivity index is 1.53. The van der Waals surface area contributed by atoms with Crippen LogP contribution in [0, 0.1) is 0 Å². The molecule has 1 aliphatic heterocycles. The summed E-state index contributed by atoms with van der Waals surface area (Å²) < 4.78 is 11.8. The van der Waals surface area contributed by atoms with E-state index in [4.69, 9.17) is 33.0 Å². The standard InChI is InChI=1S/C25H20ClN3O2S2/c1-30-18-6-4-5-17(15-18)29-24(23(28-25(29)32)20-7-2-3-14-27-20)21-12-13-22(31-21)33-19-10-8-16(26)9-11-19/h2-15,23-24H,1H3,(H,28,32)/t23-,24-/m1/s1. The fourth-order valence-corrected chi connectivity index (χ4v) is 5.10. The Kier molecular flexibility index (Phi) is 6.26. The predicted molar refractivity (Wildman–Crippen MR) is 135 cm³/mol. The third-order valence-corrected chi connectivity index (χ3v) is 6.85. The van der Waals surface area contributed by atoms with Gasteiger partial charge in [0.05, 0.1) is 18.8 Å². The van der Waals surface area contributed by atoms with E-state index in [9.17, 15) is 0 Å². The first-order chi connectivity index (χ1) is 16.1. The first-order valence-electron chi connectivity index (χ1n) is 10.3. The van der Waals surface area contributed by atoms with Gasteiger partial charge in [-0.1, -0.05) is 35.5 Å².